The van der Waals surface area contributed by atoms with Crippen molar-refractivity contribution >= 4 is 5.97 Å². The summed E-state index contributed by atoms with van der Waals surface area (Å²) in [4.78, 5) is 12.3. The summed E-state index contributed by atoms with van der Waals surface area (Å²) in [6, 6.07) is 16.9. The van der Waals surface area contributed by atoms with Gasteiger partial charge in [-0.1, -0.05) is 30.3 Å². The van der Waals surface area contributed by atoms with Crippen LogP contribution >= 0.6 is 0 Å². The fourth-order valence-corrected chi connectivity index (χ4v) is 2.55. The smallest absolute Gasteiger partial charge is 0.311 e. The molecule has 0 aliphatic rings. The van der Waals surface area contributed by atoms with E-state index in [-0.39, 0.29) is 24.4 Å². The third kappa shape index (κ3) is 5.17. The van der Waals surface area contributed by atoms with Gasteiger partial charge in [0, 0.05) is 5.56 Å². The molecule has 6 nitrogen and oxygen atoms in total. The van der Waals surface area contributed by atoms with Crippen molar-refractivity contribution in [1.29, 1.82) is 0 Å². The minimum absolute atomic E-state index is 0.0727. The second-order valence-electron chi connectivity index (χ2n) is 6.43. The molecule has 2 aromatic carbocycles. The quantitative estimate of drug-likeness (QED) is 0.578. The van der Waals surface area contributed by atoms with Crippen LogP contribution in [0.4, 0.5) is 0 Å². The molecule has 0 saturated carbocycles. The fourth-order valence-electron chi connectivity index (χ4n) is 2.55. The van der Waals surface area contributed by atoms with Gasteiger partial charge in [0.15, 0.2) is 6.10 Å². The lowest BCUT2D eigenvalue weighted by Crippen LogP contribution is -2.12. The molecule has 1 unspecified atom stereocenters. The largest absolute Gasteiger partial charge is 0.491 e. The zero-order chi connectivity index (χ0) is 19.2. The number of hydrogen-bond acceptors (Lipinski definition) is 6. The van der Waals surface area contributed by atoms with E-state index < -0.39 is 6.10 Å². The molecule has 0 aliphatic carbocycles. The van der Waals surface area contributed by atoms with Gasteiger partial charge in [0.25, 0.3) is 5.89 Å². The number of carbonyl (C=O) groups excluding carboxylic acids is 1. The van der Waals surface area contributed by atoms with Crippen molar-refractivity contribution < 1.29 is 18.7 Å². The Balaban J connectivity index is 1.60. The summed E-state index contributed by atoms with van der Waals surface area (Å²) in [5, 5.41) is 8.00. The predicted molar refractivity (Wildman–Crippen MR) is 100 cm³/mol. The first-order valence-electron chi connectivity index (χ1n) is 8.85. The van der Waals surface area contributed by atoms with Gasteiger partial charge in [0.05, 0.1) is 12.5 Å². The van der Waals surface area contributed by atoms with Crippen molar-refractivity contribution in [3.05, 3.63) is 66.1 Å². The van der Waals surface area contributed by atoms with Gasteiger partial charge in [-0.3, -0.25) is 4.79 Å². The molecule has 27 heavy (non-hydrogen) atoms. The average Bonchev–Trinajstić information content (AvgIpc) is 3.12. The standard InChI is InChI=1S/C21H22N2O4/c1-14(2)25-18-11-7-8-16(12-18)13-19(24)26-15(3)20-22-23-21(27-20)17-9-5-4-6-10-17/h4-12,14-15H,13H2,1-3H3. The normalized spacial score (nSPS) is 12.0. The van der Waals surface area contributed by atoms with Crippen LogP contribution in [-0.2, 0) is 16.0 Å². The number of aromatic nitrogens is 2. The number of hydrogen-bond donors (Lipinski definition) is 0. The zero-order valence-corrected chi connectivity index (χ0v) is 15.6. The van der Waals surface area contributed by atoms with Crippen LogP contribution in [-0.4, -0.2) is 22.3 Å². The highest BCUT2D eigenvalue weighted by molar-refractivity contribution is 5.73. The number of esters is 1. The summed E-state index contributed by atoms with van der Waals surface area (Å²) in [6.07, 6.45) is -0.416. The monoisotopic (exact) mass is 366 g/mol. The number of rotatable bonds is 7. The summed E-state index contributed by atoms with van der Waals surface area (Å²) < 4.78 is 16.7. The van der Waals surface area contributed by atoms with E-state index in [9.17, 15) is 4.79 Å². The van der Waals surface area contributed by atoms with E-state index in [0.29, 0.717) is 5.89 Å². The summed E-state index contributed by atoms with van der Waals surface area (Å²) in [5.74, 6) is 1.02. The van der Waals surface area contributed by atoms with Gasteiger partial charge < -0.3 is 13.9 Å². The number of ether oxygens (including phenoxy) is 2. The Morgan fingerprint density at radius 1 is 1.04 bits per heavy atom. The minimum Gasteiger partial charge on any atom is -0.491 e. The van der Waals surface area contributed by atoms with Gasteiger partial charge in [0.2, 0.25) is 5.89 Å². The molecule has 1 heterocycles. The molecule has 0 bridgehead atoms. The Morgan fingerprint density at radius 3 is 2.56 bits per heavy atom. The fraction of sp³-hybridized carbons (Fsp3) is 0.286. The zero-order valence-electron chi connectivity index (χ0n) is 15.6. The third-order valence-electron chi connectivity index (χ3n) is 3.74. The lowest BCUT2D eigenvalue weighted by atomic mass is 10.1. The molecular weight excluding hydrogens is 344 g/mol. The highest BCUT2D eigenvalue weighted by atomic mass is 16.6. The Morgan fingerprint density at radius 2 is 1.81 bits per heavy atom. The van der Waals surface area contributed by atoms with Crippen LogP contribution < -0.4 is 4.74 Å². The van der Waals surface area contributed by atoms with Gasteiger partial charge in [0.1, 0.15) is 5.75 Å². The topological polar surface area (TPSA) is 74.5 Å². The maximum absolute atomic E-state index is 12.3. The van der Waals surface area contributed by atoms with Crippen LogP contribution in [0.3, 0.4) is 0 Å². The first kappa shape index (κ1) is 18.6. The molecule has 0 aliphatic heterocycles. The summed E-state index contributed by atoms with van der Waals surface area (Å²) in [7, 11) is 0. The predicted octanol–water partition coefficient (Wildman–Crippen LogP) is 4.37. The van der Waals surface area contributed by atoms with Gasteiger partial charge >= 0.3 is 5.97 Å². The molecule has 0 radical (unpaired) electrons. The molecule has 1 atom stereocenters. The lowest BCUT2D eigenvalue weighted by Gasteiger charge is -2.12. The lowest BCUT2D eigenvalue weighted by molar-refractivity contribution is -0.148. The molecule has 0 fully saturated rings. The van der Waals surface area contributed by atoms with Crippen LogP contribution in [0.2, 0.25) is 0 Å². The SMILES string of the molecule is CC(C)Oc1cccc(CC(=O)OC(C)c2nnc(-c3ccccc3)o2)c1. The van der Waals surface area contributed by atoms with Gasteiger partial charge in [-0.2, -0.15) is 0 Å². The third-order valence-corrected chi connectivity index (χ3v) is 3.74. The Kier molecular flexibility index (Phi) is 5.86. The second kappa shape index (κ2) is 8.49. The van der Waals surface area contributed by atoms with E-state index in [4.69, 9.17) is 13.9 Å². The maximum Gasteiger partial charge on any atom is 0.311 e. The van der Waals surface area contributed by atoms with Crippen molar-refractivity contribution in [1.82, 2.24) is 10.2 Å². The maximum atomic E-state index is 12.3. The molecule has 3 aromatic rings. The molecule has 0 N–H and O–H groups in total. The summed E-state index contributed by atoms with van der Waals surface area (Å²) >= 11 is 0. The minimum atomic E-state index is -0.627. The first-order chi connectivity index (χ1) is 13.0. The summed E-state index contributed by atoms with van der Waals surface area (Å²) in [6.45, 7) is 5.62. The molecule has 0 saturated heterocycles. The second-order valence-corrected chi connectivity index (χ2v) is 6.43. The molecule has 1 aromatic heterocycles. The van der Waals surface area contributed by atoms with Crippen molar-refractivity contribution in [3.8, 4) is 17.2 Å². The molecular formula is C21H22N2O4. The van der Waals surface area contributed by atoms with Gasteiger partial charge in [-0.15, -0.1) is 10.2 Å². The molecule has 6 heteroatoms. The van der Waals surface area contributed by atoms with Crippen molar-refractivity contribution in [2.75, 3.05) is 0 Å². The highest BCUT2D eigenvalue weighted by Crippen LogP contribution is 2.23. The van der Waals surface area contributed by atoms with E-state index in [1.807, 2.05) is 68.4 Å². The van der Waals surface area contributed by atoms with Crippen LogP contribution in [0.1, 0.15) is 38.3 Å². The number of nitrogens with zero attached hydrogens (tertiary/aromatic N) is 2. The van der Waals surface area contributed by atoms with Crippen molar-refractivity contribution in [2.24, 2.45) is 0 Å². The molecule has 0 spiro atoms. The molecule has 140 valence electrons. The Labute approximate surface area is 158 Å². The van der Waals surface area contributed by atoms with E-state index in [2.05, 4.69) is 10.2 Å². The first-order valence-corrected chi connectivity index (χ1v) is 8.85. The average molecular weight is 366 g/mol. The van der Waals surface area contributed by atoms with Gasteiger partial charge in [-0.25, -0.2) is 0 Å². The highest BCUT2D eigenvalue weighted by Gasteiger charge is 2.19. The van der Waals surface area contributed by atoms with Crippen molar-refractivity contribution in [3.63, 3.8) is 0 Å². The Bertz CT molecular complexity index is 890. The number of benzene rings is 2. The molecule has 0 amide bonds. The van der Waals surface area contributed by atoms with Crippen LogP contribution in [0.15, 0.2) is 59.0 Å². The van der Waals surface area contributed by atoms with Crippen molar-refractivity contribution in [2.45, 2.75) is 39.4 Å². The van der Waals surface area contributed by atoms with Crippen LogP contribution in [0.25, 0.3) is 11.5 Å². The summed E-state index contributed by atoms with van der Waals surface area (Å²) in [5.41, 5.74) is 1.64. The van der Waals surface area contributed by atoms with E-state index in [1.165, 1.54) is 0 Å². The van der Waals surface area contributed by atoms with E-state index in [0.717, 1.165) is 16.9 Å². The molecule has 3 rings (SSSR count). The Hall–Kier alpha value is -3.15. The van der Waals surface area contributed by atoms with Gasteiger partial charge in [-0.05, 0) is 50.6 Å². The van der Waals surface area contributed by atoms with E-state index in [1.54, 1.807) is 6.92 Å². The van der Waals surface area contributed by atoms with Crippen LogP contribution in [0, 0.1) is 0 Å². The van der Waals surface area contributed by atoms with E-state index >= 15 is 0 Å². The van der Waals surface area contributed by atoms with Crippen LogP contribution in [0.5, 0.6) is 5.75 Å². The number of carbonyl (C=O) groups is 1.